The minimum absolute atomic E-state index is 0.245. The van der Waals surface area contributed by atoms with Crippen molar-refractivity contribution < 1.29 is 35.8 Å². The van der Waals surface area contributed by atoms with Gasteiger partial charge in [0.25, 0.3) is 0 Å². The molecule has 0 radical (unpaired) electrons. The third kappa shape index (κ3) is 9.44. The molecule has 52 heavy (non-hydrogen) atoms. The van der Waals surface area contributed by atoms with E-state index in [4.69, 9.17) is 0 Å². The summed E-state index contributed by atoms with van der Waals surface area (Å²) in [6, 6.07) is 37.5. The number of alkyl halides is 6. The SMILES string of the molecule is C=C(c1ccc(-c2ccc(-c3c(I)cc(OC(F)(F)F)cc3I)cc2)cc1)c1ccc(-c2ccc(-c3c(I)cc(OC(F)(F)F)cc3I)cc2)cc1. The van der Waals surface area contributed by atoms with E-state index in [1.165, 1.54) is 24.3 Å². The molecule has 0 amide bonds. The summed E-state index contributed by atoms with van der Waals surface area (Å²) < 4.78 is 87.1. The molecule has 0 aliphatic heterocycles. The monoisotopic (exact) mass is 1160 g/mol. The topological polar surface area (TPSA) is 18.5 Å². The van der Waals surface area contributed by atoms with E-state index in [2.05, 4.69) is 16.1 Å². The first-order chi connectivity index (χ1) is 24.5. The van der Waals surface area contributed by atoms with Gasteiger partial charge in [0.05, 0.1) is 0 Å². The third-order valence-electron chi connectivity index (χ3n) is 7.98. The lowest BCUT2D eigenvalue weighted by Gasteiger charge is -2.14. The van der Waals surface area contributed by atoms with Crippen LogP contribution in [-0.4, -0.2) is 12.7 Å². The molecule has 0 aliphatic rings. The summed E-state index contributed by atoms with van der Waals surface area (Å²) in [5, 5.41) is 0. The van der Waals surface area contributed by atoms with E-state index in [1.54, 1.807) is 0 Å². The molecule has 0 fully saturated rings. The van der Waals surface area contributed by atoms with Gasteiger partial charge in [-0.3, -0.25) is 0 Å². The first kappa shape index (κ1) is 38.9. The lowest BCUT2D eigenvalue weighted by molar-refractivity contribution is -0.275. The van der Waals surface area contributed by atoms with E-state index in [-0.39, 0.29) is 11.5 Å². The normalized spacial score (nSPS) is 11.7. The molecule has 0 N–H and O–H groups in total. The Morgan fingerprint density at radius 2 is 0.635 bits per heavy atom. The molecule has 0 saturated heterocycles. The molecular formula is C40H22F6I4O2. The van der Waals surface area contributed by atoms with Gasteiger partial charge in [-0.1, -0.05) is 104 Å². The van der Waals surface area contributed by atoms with Crippen molar-refractivity contribution >= 4 is 95.9 Å². The summed E-state index contributed by atoms with van der Waals surface area (Å²) in [5.41, 5.74) is 10.3. The van der Waals surface area contributed by atoms with Crippen LogP contribution in [0.1, 0.15) is 11.1 Å². The van der Waals surface area contributed by atoms with Crippen LogP contribution in [0.25, 0.3) is 50.1 Å². The summed E-state index contributed by atoms with van der Waals surface area (Å²) in [6.45, 7) is 4.33. The standard InChI is InChI=1S/C40H22F6I4O2/c1-22(23-2-6-25(7-3-23)27-10-14-29(15-11-27)37-33(47)18-31(19-34(37)48)51-39(41,42)43)24-4-8-26(9-5-24)28-12-16-30(17-13-28)38-35(49)20-32(21-36(38)50)52-40(44,45)46/h2-21H,1H2. The average Bonchev–Trinajstić information content (AvgIpc) is 3.07. The van der Waals surface area contributed by atoms with Gasteiger partial charge in [0.15, 0.2) is 0 Å². The van der Waals surface area contributed by atoms with Gasteiger partial charge in [0, 0.05) is 25.4 Å². The number of halogens is 10. The summed E-state index contributed by atoms with van der Waals surface area (Å²) >= 11 is 8.10. The predicted octanol–water partition coefficient (Wildman–Crippen LogP) is 14.6. The van der Waals surface area contributed by atoms with E-state index in [1.807, 2.05) is 187 Å². The number of benzene rings is 6. The van der Waals surface area contributed by atoms with Crippen LogP contribution in [0.3, 0.4) is 0 Å². The number of ether oxygens (including phenoxy) is 2. The van der Waals surface area contributed by atoms with Crippen molar-refractivity contribution in [2.75, 3.05) is 0 Å². The third-order valence-corrected chi connectivity index (χ3v) is 11.4. The zero-order chi connectivity index (χ0) is 37.4. The maximum atomic E-state index is 12.7. The lowest BCUT2D eigenvalue weighted by Crippen LogP contribution is -2.17. The summed E-state index contributed by atoms with van der Waals surface area (Å²) in [6.07, 6.45) is -9.50. The largest absolute Gasteiger partial charge is 0.573 e. The van der Waals surface area contributed by atoms with Crippen LogP contribution in [0.4, 0.5) is 26.3 Å². The van der Waals surface area contributed by atoms with E-state index in [0.29, 0.717) is 14.3 Å². The van der Waals surface area contributed by atoms with Crippen LogP contribution in [0.15, 0.2) is 128 Å². The molecule has 12 heteroatoms. The van der Waals surface area contributed by atoms with Crippen molar-refractivity contribution in [2.24, 2.45) is 0 Å². The Morgan fingerprint density at radius 3 is 0.885 bits per heavy atom. The Balaban J connectivity index is 1.13. The Kier molecular flexibility index (Phi) is 11.9. The van der Waals surface area contributed by atoms with Crippen LogP contribution in [-0.2, 0) is 0 Å². The van der Waals surface area contributed by atoms with Crippen LogP contribution < -0.4 is 9.47 Å². The fourth-order valence-corrected chi connectivity index (χ4v) is 10.3. The van der Waals surface area contributed by atoms with Crippen LogP contribution >= 0.6 is 90.4 Å². The first-order valence-corrected chi connectivity index (χ1v) is 19.5. The Hall–Kier alpha value is -2.84. The van der Waals surface area contributed by atoms with Gasteiger partial charge in [-0.2, -0.15) is 0 Å². The minimum Gasteiger partial charge on any atom is -0.406 e. The van der Waals surface area contributed by atoms with E-state index >= 15 is 0 Å². The summed E-state index contributed by atoms with van der Waals surface area (Å²) in [5.74, 6) is -0.491. The summed E-state index contributed by atoms with van der Waals surface area (Å²) in [4.78, 5) is 0. The number of rotatable bonds is 8. The Morgan fingerprint density at radius 1 is 0.404 bits per heavy atom. The molecule has 0 aromatic heterocycles. The molecule has 264 valence electrons. The molecule has 0 spiro atoms. The van der Waals surface area contributed by atoms with Gasteiger partial charge < -0.3 is 9.47 Å². The van der Waals surface area contributed by atoms with Gasteiger partial charge >= 0.3 is 12.7 Å². The molecular weight excluding hydrogens is 1130 g/mol. The molecule has 0 saturated carbocycles. The van der Waals surface area contributed by atoms with E-state index in [9.17, 15) is 26.3 Å². The average molecular weight is 1160 g/mol. The molecule has 2 nitrogen and oxygen atoms in total. The van der Waals surface area contributed by atoms with Crippen molar-refractivity contribution in [2.45, 2.75) is 12.7 Å². The fourth-order valence-electron chi connectivity index (χ4n) is 5.59. The second-order valence-electron chi connectivity index (χ2n) is 11.4. The second kappa shape index (κ2) is 15.9. The van der Waals surface area contributed by atoms with Crippen molar-refractivity contribution in [3.63, 3.8) is 0 Å². The van der Waals surface area contributed by atoms with Gasteiger partial charge in [-0.25, -0.2) is 0 Å². The van der Waals surface area contributed by atoms with Crippen molar-refractivity contribution in [1.29, 1.82) is 0 Å². The predicted molar refractivity (Wildman–Crippen MR) is 227 cm³/mol. The van der Waals surface area contributed by atoms with Crippen LogP contribution in [0.5, 0.6) is 11.5 Å². The number of hydrogen-bond acceptors (Lipinski definition) is 2. The minimum atomic E-state index is -4.75. The van der Waals surface area contributed by atoms with Gasteiger partial charge in [-0.05, 0) is 165 Å². The second-order valence-corrected chi connectivity index (χ2v) is 16.1. The number of hydrogen-bond donors (Lipinski definition) is 0. The smallest absolute Gasteiger partial charge is 0.406 e. The van der Waals surface area contributed by atoms with Gasteiger partial charge in [0.1, 0.15) is 11.5 Å². The quantitative estimate of drug-likeness (QED) is 0.112. The highest BCUT2D eigenvalue weighted by molar-refractivity contribution is 14.1. The molecule has 0 bridgehead atoms. The first-order valence-electron chi connectivity index (χ1n) is 15.2. The van der Waals surface area contributed by atoms with Gasteiger partial charge in [0.2, 0.25) is 0 Å². The van der Waals surface area contributed by atoms with Crippen LogP contribution in [0.2, 0.25) is 0 Å². The molecule has 6 aromatic rings. The van der Waals surface area contributed by atoms with Crippen molar-refractivity contribution in [3.05, 3.63) is 153 Å². The van der Waals surface area contributed by atoms with Gasteiger partial charge in [-0.15, -0.1) is 26.3 Å². The Bertz CT molecular complexity index is 2040. The Labute approximate surface area is 350 Å². The van der Waals surface area contributed by atoms with E-state index in [0.717, 1.165) is 61.2 Å². The molecule has 0 atom stereocenters. The van der Waals surface area contributed by atoms with Crippen molar-refractivity contribution in [3.8, 4) is 56.0 Å². The van der Waals surface area contributed by atoms with Crippen LogP contribution in [0, 0.1) is 14.3 Å². The zero-order valence-electron chi connectivity index (χ0n) is 26.4. The maximum absolute atomic E-state index is 12.7. The molecule has 0 heterocycles. The fraction of sp³-hybridized carbons (Fsp3) is 0.0500. The van der Waals surface area contributed by atoms with E-state index < -0.39 is 12.7 Å². The summed E-state index contributed by atoms with van der Waals surface area (Å²) in [7, 11) is 0. The molecule has 6 aromatic carbocycles. The molecule has 6 rings (SSSR count). The lowest BCUT2D eigenvalue weighted by atomic mass is 9.94. The zero-order valence-corrected chi connectivity index (χ0v) is 35.0. The molecule has 0 unspecified atom stereocenters. The highest BCUT2D eigenvalue weighted by Gasteiger charge is 2.32. The highest BCUT2D eigenvalue weighted by atomic mass is 127. The maximum Gasteiger partial charge on any atom is 0.573 e. The van der Waals surface area contributed by atoms with Crippen molar-refractivity contribution in [1.82, 2.24) is 0 Å². The molecule has 0 aliphatic carbocycles. The highest BCUT2D eigenvalue weighted by Crippen LogP contribution is 2.38.